The summed E-state index contributed by atoms with van der Waals surface area (Å²) < 4.78 is 0. The maximum Gasteiger partial charge on any atom is 0.0243 e. The average Bonchev–Trinajstić information content (AvgIpc) is 2.20. The van der Waals surface area contributed by atoms with Crippen molar-refractivity contribution in [3.05, 3.63) is 0 Å². The Morgan fingerprint density at radius 2 is 1.69 bits per heavy atom. The van der Waals surface area contributed by atoms with Gasteiger partial charge in [-0.15, -0.1) is 0 Å². The molecule has 0 aliphatic carbocycles. The fraction of sp³-hybridized carbons (Fsp3) is 1.00. The molecular formula is C14H32N2. The predicted octanol–water partition coefficient (Wildman–Crippen LogP) is 3.13. The van der Waals surface area contributed by atoms with E-state index in [2.05, 4.69) is 51.8 Å². The third-order valence-electron chi connectivity index (χ3n) is 3.11. The molecule has 1 N–H and O–H groups in total. The molecule has 0 rings (SSSR count). The zero-order valence-electron chi connectivity index (χ0n) is 12.3. The molecule has 0 amide bonds. The third kappa shape index (κ3) is 6.49. The lowest BCUT2D eigenvalue weighted by Crippen LogP contribution is -2.49. The Bertz CT molecular complexity index is 161. The van der Waals surface area contributed by atoms with Gasteiger partial charge in [0.1, 0.15) is 0 Å². The zero-order chi connectivity index (χ0) is 12.6. The normalized spacial score (nSPS) is 14.4. The molecule has 0 aromatic carbocycles. The van der Waals surface area contributed by atoms with Crippen LogP contribution in [0, 0.1) is 5.41 Å². The van der Waals surface area contributed by atoms with Crippen LogP contribution in [0.1, 0.15) is 54.4 Å². The molecule has 1 unspecified atom stereocenters. The van der Waals surface area contributed by atoms with Gasteiger partial charge in [-0.3, -0.25) is 0 Å². The number of hydrogen-bond donors (Lipinski definition) is 1. The van der Waals surface area contributed by atoms with Crippen LogP contribution in [0.25, 0.3) is 0 Å². The van der Waals surface area contributed by atoms with E-state index in [1.807, 2.05) is 0 Å². The lowest BCUT2D eigenvalue weighted by Gasteiger charge is -2.35. The van der Waals surface area contributed by atoms with Gasteiger partial charge in [-0.05, 0) is 37.9 Å². The number of hydrogen-bond acceptors (Lipinski definition) is 2. The van der Waals surface area contributed by atoms with E-state index < -0.39 is 0 Å². The Hall–Kier alpha value is -0.0800. The van der Waals surface area contributed by atoms with E-state index in [0.29, 0.717) is 11.5 Å². The first-order chi connectivity index (χ1) is 7.45. The molecule has 0 bridgehead atoms. The molecule has 0 aromatic heterocycles. The highest BCUT2D eigenvalue weighted by Gasteiger charge is 2.25. The van der Waals surface area contributed by atoms with Crippen molar-refractivity contribution in [3.63, 3.8) is 0 Å². The van der Waals surface area contributed by atoms with Gasteiger partial charge >= 0.3 is 0 Å². The van der Waals surface area contributed by atoms with Crippen molar-refractivity contribution in [3.8, 4) is 0 Å². The van der Waals surface area contributed by atoms with Gasteiger partial charge in [0.2, 0.25) is 0 Å². The monoisotopic (exact) mass is 228 g/mol. The van der Waals surface area contributed by atoms with Gasteiger partial charge in [-0.2, -0.15) is 0 Å². The molecule has 0 aliphatic rings. The minimum absolute atomic E-state index is 0.344. The van der Waals surface area contributed by atoms with Crippen molar-refractivity contribution in [2.24, 2.45) is 5.41 Å². The van der Waals surface area contributed by atoms with Crippen molar-refractivity contribution < 1.29 is 0 Å². The lowest BCUT2D eigenvalue weighted by atomic mass is 9.86. The first-order valence-corrected chi connectivity index (χ1v) is 6.91. The van der Waals surface area contributed by atoms with Crippen molar-refractivity contribution in [1.82, 2.24) is 10.2 Å². The topological polar surface area (TPSA) is 15.3 Å². The van der Waals surface area contributed by atoms with E-state index in [4.69, 9.17) is 0 Å². The van der Waals surface area contributed by atoms with Gasteiger partial charge in [0.15, 0.2) is 0 Å². The number of likely N-dealkylation sites (N-methyl/N-ethyl adjacent to an activating group) is 1. The van der Waals surface area contributed by atoms with Gasteiger partial charge in [0, 0.05) is 12.6 Å². The van der Waals surface area contributed by atoms with Crippen molar-refractivity contribution >= 4 is 0 Å². The Morgan fingerprint density at radius 1 is 1.06 bits per heavy atom. The van der Waals surface area contributed by atoms with E-state index in [1.54, 1.807) is 0 Å². The van der Waals surface area contributed by atoms with Gasteiger partial charge in [0.05, 0.1) is 0 Å². The zero-order valence-corrected chi connectivity index (χ0v) is 12.3. The molecule has 2 heteroatoms. The summed E-state index contributed by atoms with van der Waals surface area (Å²) in [5.74, 6) is 0. The van der Waals surface area contributed by atoms with E-state index in [0.717, 1.165) is 13.1 Å². The standard InChI is InChI=1S/C14H32N2/c1-7-10-15-13(14(4,5)6)12-16(9-3)11-8-2/h13,15H,7-12H2,1-6H3. The Morgan fingerprint density at radius 3 is 2.06 bits per heavy atom. The summed E-state index contributed by atoms with van der Waals surface area (Å²) in [6.07, 6.45) is 2.46. The fourth-order valence-electron chi connectivity index (χ4n) is 1.92. The van der Waals surface area contributed by atoms with Crippen LogP contribution in [0.3, 0.4) is 0 Å². The Balaban J connectivity index is 4.28. The molecule has 0 fully saturated rings. The molecule has 0 heterocycles. The molecule has 0 saturated heterocycles. The third-order valence-corrected chi connectivity index (χ3v) is 3.11. The quantitative estimate of drug-likeness (QED) is 0.686. The highest BCUT2D eigenvalue weighted by molar-refractivity contribution is 4.83. The summed E-state index contributed by atoms with van der Waals surface area (Å²) in [5, 5.41) is 3.69. The van der Waals surface area contributed by atoms with E-state index in [-0.39, 0.29) is 0 Å². The van der Waals surface area contributed by atoms with Crippen LogP contribution in [-0.4, -0.2) is 37.1 Å². The van der Waals surface area contributed by atoms with Gasteiger partial charge in [-0.25, -0.2) is 0 Å². The summed E-state index contributed by atoms with van der Waals surface area (Å²) in [6, 6.07) is 0.596. The van der Waals surface area contributed by atoms with Crippen LogP contribution in [0.2, 0.25) is 0 Å². The summed E-state index contributed by atoms with van der Waals surface area (Å²) in [7, 11) is 0. The van der Waals surface area contributed by atoms with Crippen molar-refractivity contribution in [2.45, 2.75) is 60.4 Å². The maximum atomic E-state index is 3.69. The van der Waals surface area contributed by atoms with Crippen molar-refractivity contribution in [2.75, 3.05) is 26.2 Å². The second-order valence-electron chi connectivity index (χ2n) is 5.77. The summed E-state index contributed by atoms with van der Waals surface area (Å²) in [5.41, 5.74) is 0.344. The largest absolute Gasteiger partial charge is 0.312 e. The SMILES string of the molecule is CCCNC(CN(CC)CCC)C(C)(C)C. The van der Waals surface area contributed by atoms with Gasteiger partial charge in [-0.1, -0.05) is 41.5 Å². The molecule has 1 atom stereocenters. The summed E-state index contributed by atoms with van der Waals surface area (Å²) >= 11 is 0. The molecular weight excluding hydrogens is 196 g/mol. The summed E-state index contributed by atoms with van der Waals surface area (Å²) in [4.78, 5) is 2.55. The first kappa shape index (κ1) is 15.9. The smallest absolute Gasteiger partial charge is 0.0243 e. The Labute approximate surface area is 103 Å². The first-order valence-electron chi connectivity index (χ1n) is 6.91. The second-order valence-corrected chi connectivity index (χ2v) is 5.77. The van der Waals surface area contributed by atoms with Crippen LogP contribution in [0.4, 0.5) is 0 Å². The molecule has 0 saturated carbocycles. The predicted molar refractivity (Wildman–Crippen MR) is 73.9 cm³/mol. The van der Waals surface area contributed by atoms with E-state index in [1.165, 1.54) is 25.9 Å². The highest BCUT2D eigenvalue weighted by Crippen LogP contribution is 2.20. The van der Waals surface area contributed by atoms with Crippen LogP contribution in [0.5, 0.6) is 0 Å². The maximum absolute atomic E-state index is 3.69. The summed E-state index contributed by atoms with van der Waals surface area (Å²) in [6.45, 7) is 18.4. The van der Waals surface area contributed by atoms with Gasteiger partial charge in [0.25, 0.3) is 0 Å². The van der Waals surface area contributed by atoms with E-state index in [9.17, 15) is 0 Å². The van der Waals surface area contributed by atoms with E-state index >= 15 is 0 Å². The minimum atomic E-state index is 0.344. The highest BCUT2D eigenvalue weighted by atomic mass is 15.1. The fourth-order valence-corrected chi connectivity index (χ4v) is 1.92. The van der Waals surface area contributed by atoms with Crippen LogP contribution >= 0.6 is 0 Å². The number of nitrogens with zero attached hydrogens (tertiary/aromatic N) is 1. The van der Waals surface area contributed by atoms with Gasteiger partial charge < -0.3 is 10.2 Å². The molecule has 0 aromatic rings. The van der Waals surface area contributed by atoms with Crippen molar-refractivity contribution in [1.29, 1.82) is 0 Å². The molecule has 0 spiro atoms. The lowest BCUT2D eigenvalue weighted by molar-refractivity contribution is 0.178. The van der Waals surface area contributed by atoms with Crippen LogP contribution in [-0.2, 0) is 0 Å². The van der Waals surface area contributed by atoms with Crippen LogP contribution in [0.15, 0.2) is 0 Å². The number of nitrogens with one attached hydrogen (secondary N) is 1. The molecule has 0 aliphatic heterocycles. The average molecular weight is 228 g/mol. The second kappa shape index (κ2) is 8.08. The minimum Gasteiger partial charge on any atom is -0.312 e. The molecule has 16 heavy (non-hydrogen) atoms. The Kier molecular flexibility index (Phi) is 8.04. The number of rotatable bonds is 8. The van der Waals surface area contributed by atoms with Crippen LogP contribution < -0.4 is 5.32 Å². The molecule has 0 radical (unpaired) electrons. The molecule has 98 valence electrons. The molecule has 2 nitrogen and oxygen atoms in total.